The van der Waals surface area contributed by atoms with Crippen LogP contribution >= 0.6 is 0 Å². The van der Waals surface area contributed by atoms with E-state index < -0.39 is 0 Å². The third-order valence-electron chi connectivity index (χ3n) is 2.48. The Bertz CT molecular complexity index is 212. The molecular weight excluding hydrogens is 210 g/mol. The molecular formula is C11H21NO4. The van der Waals surface area contributed by atoms with Gasteiger partial charge in [0.1, 0.15) is 0 Å². The molecule has 1 rings (SSSR count). The highest BCUT2D eigenvalue weighted by Crippen LogP contribution is 2.14. The molecule has 0 aromatic heterocycles. The van der Waals surface area contributed by atoms with Gasteiger partial charge in [-0.25, -0.2) is 4.79 Å². The lowest BCUT2D eigenvalue weighted by Gasteiger charge is -2.31. The summed E-state index contributed by atoms with van der Waals surface area (Å²) >= 11 is 0. The Balaban J connectivity index is 2.23. The molecule has 1 amide bonds. The van der Waals surface area contributed by atoms with Gasteiger partial charge in [-0.2, -0.15) is 0 Å². The third-order valence-corrected chi connectivity index (χ3v) is 2.48. The zero-order chi connectivity index (χ0) is 12.0. The highest BCUT2D eigenvalue weighted by Gasteiger charge is 2.24. The first-order valence-corrected chi connectivity index (χ1v) is 5.81. The molecule has 1 heterocycles. The van der Waals surface area contributed by atoms with Crippen molar-refractivity contribution in [2.75, 3.05) is 26.3 Å². The number of nitrogens with zero attached hydrogens (tertiary/aromatic N) is 1. The van der Waals surface area contributed by atoms with Crippen LogP contribution in [0.25, 0.3) is 0 Å². The number of likely N-dealkylation sites (tertiary alicyclic amines) is 1. The van der Waals surface area contributed by atoms with Crippen molar-refractivity contribution in [2.24, 2.45) is 0 Å². The van der Waals surface area contributed by atoms with Crippen LogP contribution in [0.2, 0.25) is 0 Å². The molecule has 5 heteroatoms. The second kappa shape index (κ2) is 6.70. The summed E-state index contributed by atoms with van der Waals surface area (Å²) in [5.74, 6) is 0. The molecule has 5 nitrogen and oxygen atoms in total. The van der Waals surface area contributed by atoms with Crippen LogP contribution in [0.15, 0.2) is 0 Å². The average Bonchev–Trinajstić information content (AvgIpc) is 2.26. The third kappa shape index (κ3) is 4.37. The van der Waals surface area contributed by atoms with Gasteiger partial charge in [0.05, 0.1) is 25.4 Å². The smallest absolute Gasteiger partial charge is 0.410 e. The number of aliphatic hydroxyl groups is 1. The van der Waals surface area contributed by atoms with Crippen LogP contribution in [-0.4, -0.2) is 54.6 Å². The van der Waals surface area contributed by atoms with Gasteiger partial charge in [0.25, 0.3) is 0 Å². The summed E-state index contributed by atoms with van der Waals surface area (Å²) in [7, 11) is 0. The number of rotatable bonds is 4. The summed E-state index contributed by atoms with van der Waals surface area (Å²) in [5.41, 5.74) is 0. The Morgan fingerprint density at radius 2 is 2.06 bits per heavy atom. The van der Waals surface area contributed by atoms with Crippen LogP contribution in [0.4, 0.5) is 4.79 Å². The van der Waals surface area contributed by atoms with Crippen molar-refractivity contribution in [3.8, 4) is 0 Å². The molecule has 0 radical (unpaired) electrons. The van der Waals surface area contributed by atoms with Crippen LogP contribution in [0, 0.1) is 0 Å². The van der Waals surface area contributed by atoms with E-state index in [2.05, 4.69) is 0 Å². The highest BCUT2D eigenvalue weighted by molar-refractivity contribution is 5.67. The maximum Gasteiger partial charge on any atom is 0.410 e. The molecule has 0 unspecified atom stereocenters. The SMILES string of the molecule is CC(C)OC(=O)N1CCC(OCCO)CC1. The summed E-state index contributed by atoms with van der Waals surface area (Å²) < 4.78 is 10.5. The van der Waals surface area contributed by atoms with E-state index in [-0.39, 0.29) is 24.9 Å². The number of piperidine rings is 1. The Morgan fingerprint density at radius 3 is 2.56 bits per heavy atom. The van der Waals surface area contributed by atoms with Crippen molar-refractivity contribution in [3.05, 3.63) is 0 Å². The first kappa shape index (κ1) is 13.3. The fraction of sp³-hybridized carbons (Fsp3) is 0.909. The zero-order valence-corrected chi connectivity index (χ0v) is 10.0. The number of carbonyl (C=O) groups is 1. The average molecular weight is 231 g/mol. The zero-order valence-electron chi connectivity index (χ0n) is 10.0. The van der Waals surface area contributed by atoms with E-state index in [1.54, 1.807) is 4.90 Å². The number of ether oxygens (including phenoxy) is 2. The highest BCUT2D eigenvalue weighted by atomic mass is 16.6. The van der Waals surface area contributed by atoms with Crippen molar-refractivity contribution in [2.45, 2.75) is 38.9 Å². The number of carbonyl (C=O) groups excluding carboxylic acids is 1. The van der Waals surface area contributed by atoms with Gasteiger partial charge in [0, 0.05) is 13.1 Å². The lowest BCUT2D eigenvalue weighted by molar-refractivity contribution is -0.0105. The lowest BCUT2D eigenvalue weighted by Crippen LogP contribution is -2.42. The normalized spacial score (nSPS) is 17.9. The molecule has 1 fully saturated rings. The van der Waals surface area contributed by atoms with Crippen molar-refractivity contribution >= 4 is 6.09 Å². The summed E-state index contributed by atoms with van der Waals surface area (Å²) in [6, 6.07) is 0. The van der Waals surface area contributed by atoms with E-state index in [0.717, 1.165) is 12.8 Å². The minimum atomic E-state index is -0.240. The Labute approximate surface area is 96.3 Å². The van der Waals surface area contributed by atoms with Crippen molar-refractivity contribution in [3.63, 3.8) is 0 Å². The molecule has 1 aliphatic rings. The van der Waals surface area contributed by atoms with Crippen LogP contribution < -0.4 is 0 Å². The topological polar surface area (TPSA) is 59.0 Å². The fourth-order valence-electron chi connectivity index (χ4n) is 1.70. The molecule has 0 atom stereocenters. The van der Waals surface area contributed by atoms with E-state index in [1.165, 1.54) is 0 Å². The van der Waals surface area contributed by atoms with Gasteiger partial charge in [-0.05, 0) is 26.7 Å². The fourth-order valence-corrected chi connectivity index (χ4v) is 1.70. The molecule has 0 aromatic carbocycles. The molecule has 0 spiro atoms. The van der Waals surface area contributed by atoms with E-state index in [1.807, 2.05) is 13.8 Å². The molecule has 1 N–H and O–H groups in total. The molecule has 1 aliphatic heterocycles. The van der Waals surface area contributed by atoms with Gasteiger partial charge in [0.2, 0.25) is 0 Å². The first-order chi connectivity index (χ1) is 7.63. The van der Waals surface area contributed by atoms with Gasteiger partial charge in [-0.15, -0.1) is 0 Å². The molecule has 0 saturated carbocycles. The molecule has 0 aliphatic carbocycles. The second-order valence-electron chi connectivity index (χ2n) is 4.21. The molecule has 16 heavy (non-hydrogen) atoms. The minimum Gasteiger partial charge on any atom is -0.447 e. The molecule has 1 saturated heterocycles. The lowest BCUT2D eigenvalue weighted by atomic mass is 10.1. The van der Waals surface area contributed by atoms with Crippen molar-refractivity contribution in [1.29, 1.82) is 0 Å². The number of aliphatic hydroxyl groups excluding tert-OH is 1. The molecule has 94 valence electrons. The maximum atomic E-state index is 11.6. The predicted octanol–water partition coefficient (Wildman–Crippen LogP) is 1.00. The second-order valence-corrected chi connectivity index (χ2v) is 4.21. The summed E-state index contributed by atoms with van der Waals surface area (Å²) in [4.78, 5) is 13.3. The number of hydrogen-bond acceptors (Lipinski definition) is 4. The van der Waals surface area contributed by atoms with E-state index in [4.69, 9.17) is 14.6 Å². The summed E-state index contributed by atoms with van der Waals surface area (Å²) in [6.07, 6.45) is 1.47. The molecule has 0 aromatic rings. The molecule has 0 bridgehead atoms. The van der Waals surface area contributed by atoms with Gasteiger partial charge in [-0.3, -0.25) is 0 Å². The van der Waals surface area contributed by atoms with Crippen LogP contribution in [0.1, 0.15) is 26.7 Å². The van der Waals surface area contributed by atoms with E-state index in [0.29, 0.717) is 19.7 Å². The van der Waals surface area contributed by atoms with Crippen LogP contribution in [0.3, 0.4) is 0 Å². The largest absolute Gasteiger partial charge is 0.447 e. The van der Waals surface area contributed by atoms with Crippen LogP contribution in [-0.2, 0) is 9.47 Å². The number of amides is 1. The Hall–Kier alpha value is -0.810. The predicted molar refractivity (Wildman–Crippen MR) is 59.2 cm³/mol. The monoisotopic (exact) mass is 231 g/mol. The van der Waals surface area contributed by atoms with Gasteiger partial charge in [0.15, 0.2) is 0 Å². The van der Waals surface area contributed by atoms with Gasteiger partial charge in [-0.1, -0.05) is 0 Å². The number of hydrogen-bond donors (Lipinski definition) is 1. The Kier molecular flexibility index (Phi) is 5.55. The first-order valence-electron chi connectivity index (χ1n) is 5.81. The van der Waals surface area contributed by atoms with Gasteiger partial charge >= 0.3 is 6.09 Å². The summed E-state index contributed by atoms with van der Waals surface area (Å²) in [6.45, 7) is 5.45. The quantitative estimate of drug-likeness (QED) is 0.784. The van der Waals surface area contributed by atoms with Crippen molar-refractivity contribution in [1.82, 2.24) is 4.90 Å². The van der Waals surface area contributed by atoms with Crippen molar-refractivity contribution < 1.29 is 19.4 Å². The summed E-state index contributed by atoms with van der Waals surface area (Å²) in [5, 5.41) is 8.63. The standard InChI is InChI=1S/C11H21NO4/c1-9(2)16-11(14)12-5-3-10(4-6-12)15-8-7-13/h9-10,13H,3-8H2,1-2H3. The van der Waals surface area contributed by atoms with E-state index in [9.17, 15) is 4.79 Å². The van der Waals surface area contributed by atoms with E-state index >= 15 is 0 Å². The Morgan fingerprint density at radius 1 is 1.44 bits per heavy atom. The van der Waals surface area contributed by atoms with Crippen LogP contribution in [0.5, 0.6) is 0 Å². The minimum absolute atomic E-state index is 0.0512. The maximum absolute atomic E-state index is 11.6. The van der Waals surface area contributed by atoms with Gasteiger partial charge < -0.3 is 19.5 Å².